The number of hydrogen-bond donors (Lipinski definition) is 0. The summed E-state index contributed by atoms with van der Waals surface area (Å²) in [6, 6.07) is 8.62. The van der Waals surface area contributed by atoms with Crippen LogP contribution in [-0.2, 0) is 13.0 Å². The molecule has 1 amide bonds. The number of carbonyl (C=O) groups is 1. The zero-order valence-electron chi connectivity index (χ0n) is 14.6. The third-order valence-corrected chi connectivity index (χ3v) is 5.50. The number of amides is 1. The van der Waals surface area contributed by atoms with Gasteiger partial charge in [0.25, 0.3) is 5.91 Å². The number of benzene rings is 1. The van der Waals surface area contributed by atoms with Gasteiger partial charge in [-0.05, 0) is 43.4 Å². The Hall–Kier alpha value is -2.17. The minimum absolute atomic E-state index is 0.161. The molecule has 3 heterocycles. The minimum Gasteiger partial charge on any atom is -0.330 e. The summed E-state index contributed by atoms with van der Waals surface area (Å²) in [6.07, 6.45) is 2.94. The van der Waals surface area contributed by atoms with Gasteiger partial charge in [-0.3, -0.25) is 4.79 Å². The van der Waals surface area contributed by atoms with Crippen LogP contribution in [0.25, 0.3) is 0 Å². The van der Waals surface area contributed by atoms with Crippen LogP contribution in [0.3, 0.4) is 0 Å². The first-order valence-electron chi connectivity index (χ1n) is 8.86. The Bertz CT molecular complexity index is 762. The van der Waals surface area contributed by atoms with Crippen molar-refractivity contribution < 1.29 is 4.79 Å². The maximum Gasteiger partial charge on any atom is 0.254 e. The molecule has 2 aliphatic rings. The van der Waals surface area contributed by atoms with Crippen LogP contribution in [0, 0.1) is 6.92 Å². The molecule has 5 nitrogen and oxygen atoms in total. The van der Waals surface area contributed by atoms with Crippen LogP contribution in [0.15, 0.2) is 24.3 Å². The number of nitrogens with zero attached hydrogens (tertiary/aromatic N) is 4. The van der Waals surface area contributed by atoms with E-state index >= 15 is 0 Å². The first-order valence-corrected chi connectivity index (χ1v) is 8.86. The van der Waals surface area contributed by atoms with Gasteiger partial charge in [-0.1, -0.05) is 26.0 Å². The summed E-state index contributed by atoms with van der Waals surface area (Å²) in [7, 11) is 0. The van der Waals surface area contributed by atoms with Crippen molar-refractivity contribution in [3.8, 4) is 0 Å². The summed E-state index contributed by atoms with van der Waals surface area (Å²) in [5.74, 6) is 2.61. The fourth-order valence-corrected chi connectivity index (χ4v) is 4.07. The van der Waals surface area contributed by atoms with Gasteiger partial charge in [-0.15, -0.1) is 10.2 Å². The summed E-state index contributed by atoms with van der Waals surface area (Å²) < 4.78 is 2.19. The molecule has 2 bridgehead atoms. The molecule has 5 heteroatoms. The van der Waals surface area contributed by atoms with E-state index in [0.29, 0.717) is 5.92 Å². The van der Waals surface area contributed by atoms with Gasteiger partial charge in [0.1, 0.15) is 11.6 Å². The van der Waals surface area contributed by atoms with E-state index in [1.54, 1.807) is 0 Å². The first kappa shape index (κ1) is 15.4. The monoisotopic (exact) mass is 324 g/mol. The summed E-state index contributed by atoms with van der Waals surface area (Å²) in [5.41, 5.74) is 2.07. The van der Waals surface area contributed by atoms with E-state index in [2.05, 4.69) is 45.6 Å². The van der Waals surface area contributed by atoms with Gasteiger partial charge in [0.2, 0.25) is 0 Å². The molecule has 0 N–H and O–H groups in total. The molecule has 2 aromatic rings. The number of hydrogen-bond acceptors (Lipinski definition) is 3. The van der Waals surface area contributed by atoms with Gasteiger partial charge in [-0.2, -0.15) is 0 Å². The van der Waals surface area contributed by atoms with Crippen LogP contribution < -0.4 is 0 Å². The summed E-state index contributed by atoms with van der Waals surface area (Å²) in [4.78, 5) is 15.2. The van der Waals surface area contributed by atoms with Crippen molar-refractivity contribution in [2.24, 2.45) is 0 Å². The zero-order valence-corrected chi connectivity index (χ0v) is 14.6. The van der Waals surface area contributed by atoms with Gasteiger partial charge in [0.15, 0.2) is 0 Å². The second-order valence-electron chi connectivity index (χ2n) is 7.35. The molecule has 0 spiro atoms. The van der Waals surface area contributed by atoms with Crippen molar-refractivity contribution >= 4 is 5.91 Å². The fraction of sp³-hybridized carbons (Fsp3) is 0.526. The average Bonchev–Trinajstić information content (AvgIpc) is 3.06. The largest absolute Gasteiger partial charge is 0.330 e. The molecule has 1 fully saturated rings. The number of aromatic nitrogens is 3. The SMILES string of the molecule is Cc1nnc2n1C[C@H]1CC[C@@H](C2)N1C(=O)c1ccc(C(C)C)cc1. The Morgan fingerprint density at radius 3 is 2.54 bits per heavy atom. The lowest BCUT2D eigenvalue weighted by molar-refractivity contribution is 0.0665. The molecule has 2 aliphatic heterocycles. The van der Waals surface area contributed by atoms with Crippen molar-refractivity contribution in [3.05, 3.63) is 47.0 Å². The maximum atomic E-state index is 13.1. The van der Waals surface area contributed by atoms with E-state index in [9.17, 15) is 4.79 Å². The molecule has 4 rings (SSSR count). The van der Waals surface area contributed by atoms with Crippen molar-refractivity contribution in [2.75, 3.05) is 0 Å². The number of carbonyl (C=O) groups excluding carboxylic acids is 1. The minimum atomic E-state index is 0.161. The molecular weight excluding hydrogens is 300 g/mol. The Morgan fingerprint density at radius 1 is 1.12 bits per heavy atom. The molecule has 1 aromatic carbocycles. The predicted octanol–water partition coefficient (Wildman–Crippen LogP) is 2.94. The van der Waals surface area contributed by atoms with E-state index in [4.69, 9.17) is 0 Å². The van der Waals surface area contributed by atoms with E-state index < -0.39 is 0 Å². The van der Waals surface area contributed by atoms with Crippen molar-refractivity contribution in [2.45, 2.75) is 64.6 Å². The smallest absolute Gasteiger partial charge is 0.254 e. The molecule has 0 radical (unpaired) electrons. The van der Waals surface area contributed by atoms with Crippen molar-refractivity contribution in [1.82, 2.24) is 19.7 Å². The Morgan fingerprint density at radius 2 is 1.83 bits per heavy atom. The fourth-order valence-electron chi connectivity index (χ4n) is 4.07. The van der Waals surface area contributed by atoms with Crippen LogP contribution in [0.4, 0.5) is 0 Å². The van der Waals surface area contributed by atoms with E-state index in [-0.39, 0.29) is 18.0 Å². The normalized spacial score (nSPS) is 22.6. The van der Waals surface area contributed by atoms with Crippen molar-refractivity contribution in [1.29, 1.82) is 0 Å². The van der Waals surface area contributed by atoms with Gasteiger partial charge < -0.3 is 9.47 Å². The predicted molar refractivity (Wildman–Crippen MR) is 92.0 cm³/mol. The molecule has 0 aliphatic carbocycles. The third-order valence-electron chi connectivity index (χ3n) is 5.50. The third kappa shape index (κ3) is 2.43. The lowest BCUT2D eigenvalue weighted by atomic mass is 10.0. The Labute approximate surface area is 142 Å². The standard InChI is InChI=1S/C19H24N4O/c1-12(2)14-4-6-15(7-5-14)19(24)23-16-8-9-17(23)11-22-13(3)20-21-18(22)10-16/h4-7,12,16-17H,8-11H2,1-3H3/t16-,17+/m0/s1. The number of rotatable bonds is 2. The molecule has 0 unspecified atom stereocenters. The van der Waals surface area contributed by atoms with Crippen LogP contribution in [0.5, 0.6) is 0 Å². The van der Waals surface area contributed by atoms with Crippen LogP contribution in [0.1, 0.15) is 60.2 Å². The van der Waals surface area contributed by atoms with Crippen LogP contribution in [-0.4, -0.2) is 37.7 Å². The zero-order chi connectivity index (χ0) is 16.8. The first-order chi connectivity index (χ1) is 11.5. The van der Waals surface area contributed by atoms with Gasteiger partial charge >= 0.3 is 0 Å². The quantitative estimate of drug-likeness (QED) is 0.853. The van der Waals surface area contributed by atoms with Gasteiger partial charge in [0.05, 0.1) is 6.04 Å². The summed E-state index contributed by atoms with van der Waals surface area (Å²) in [6.45, 7) is 7.15. The molecule has 2 atom stereocenters. The van der Waals surface area contributed by atoms with Gasteiger partial charge in [0, 0.05) is 24.6 Å². The van der Waals surface area contributed by atoms with E-state index in [1.165, 1.54) is 5.56 Å². The van der Waals surface area contributed by atoms with Crippen LogP contribution >= 0.6 is 0 Å². The average molecular weight is 324 g/mol. The highest BCUT2D eigenvalue weighted by Gasteiger charge is 2.41. The lowest BCUT2D eigenvalue weighted by Crippen LogP contribution is -2.42. The maximum absolute atomic E-state index is 13.1. The number of aryl methyl sites for hydroxylation is 1. The highest BCUT2D eigenvalue weighted by atomic mass is 16.2. The van der Waals surface area contributed by atoms with Gasteiger partial charge in [-0.25, -0.2) is 0 Å². The molecule has 1 aromatic heterocycles. The van der Waals surface area contributed by atoms with Crippen molar-refractivity contribution in [3.63, 3.8) is 0 Å². The molecule has 24 heavy (non-hydrogen) atoms. The molecule has 126 valence electrons. The number of fused-ring (bicyclic) bond motifs is 3. The summed E-state index contributed by atoms with van der Waals surface area (Å²) >= 11 is 0. The molecular formula is C19H24N4O. The van der Waals surface area contributed by atoms with E-state index in [0.717, 1.165) is 43.0 Å². The Kier molecular flexibility index (Phi) is 3.66. The molecule has 0 saturated carbocycles. The van der Waals surface area contributed by atoms with Crippen LogP contribution in [0.2, 0.25) is 0 Å². The molecule has 1 saturated heterocycles. The Balaban J connectivity index is 1.61. The second kappa shape index (κ2) is 5.72. The highest BCUT2D eigenvalue weighted by molar-refractivity contribution is 5.95. The second-order valence-corrected chi connectivity index (χ2v) is 7.35. The van der Waals surface area contributed by atoms with E-state index in [1.807, 2.05) is 19.1 Å². The lowest BCUT2D eigenvalue weighted by Gasteiger charge is -2.28. The highest BCUT2D eigenvalue weighted by Crippen LogP contribution is 2.32. The summed E-state index contributed by atoms with van der Waals surface area (Å²) in [5, 5.41) is 8.51. The topological polar surface area (TPSA) is 51.0 Å².